The van der Waals surface area contributed by atoms with Gasteiger partial charge in [0.25, 0.3) is 0 Å². The van der Waals surface area contributed by atoms with Gasteiger partial charge in [-0.1, -0.05) is 12.8 Å². The molecule has 0 unspecified atom stereocenters. The molecule has 6 heteroatoms. The number of piperidine rings is 1. The van der Waals surface area contributed by atoms with Gasteiger partial charge in [0.05, 0.1) is 12.5 Å². The van der Waals surface area contributed by atoms with Gasteiger partial charge in [0.1, 0.15) is 0 Å². The molecule has 3 nitrogen and oxygen atoms in total. The lowest BCUT2D eigenvalue weighted by atomic mass is 9.91. The summed E-state index contributed by atoms with van der Waals surface area (Å²) < 4.78 is 42.2. The Balaban J connectivity index is 1.69. The van der Waals surface area contributed by atoms with Crippen LogP contribution in [0.15, 0.2) is 0 Å². The molecule has 2 aliphatic rings. The molecule has 1 heterocycles. The molecule has 1 aliphatic heterocycles. The predicted octanol–water partition coefficient (Wildman–Crippen LogP) is 2.95. The molecule has 0 spiro atoms. The highest BCUT2D eigenvalue weighted by molar-refractivity contribution is 4.87. The summed E-state index contributed by atoms with van der Waals surface area (Å²) in [5.41, 5.74) is 0. The summed E-state index contributed by atoms with van der Waals surface area (Å²) in [6, 6.07) is 0.836. The van der Waals surface area contributed by atoms with Gasteiger partial charge in [-0.2, -0.15) is 13.2 Å². The summed E-state index contributed by atoms with van der Waals surface area (Å²) in [5, 5.41) is 3.68. The topological polar surface area (TPSA) is 24.5 Å². The zero-order valence-electron chi connectivity index (χ0n) is 12.8. The number of ether oxygens (including phenoxy) is 1. The summed E-state index contributed by atoms with van der Waals surface area (Å²) in [6.45, 7) is 1.66. The smallest absolute Gasteiger partial charge is 0.380 e. The Labute approximate surface area is 125 Å². The summed E-state index contributed by atoms with van der Waals surface area (Å²) in [7, 11) is 1.77. The zero-order valence-corrected chi connectivity index (χ0v) is 12.8. The lowest BCUT2D eigenvalue weighted by molar-refractivity contribution is -0.138. The number of alkyl halides is 3. The quantitative estimate of drug-likeness (QED) is 0.845. The van der Waals surface area contributed by atoms with Crippen LogP contribution in [-0.2, 0) is 4.74 Å². The van der Waals surface area contributed by atoms with Crippen molar-refractivity contribution in [1.82, 2.24) is 10.2 Å². The number of nitrogens with zero attached hydrogens (tertiary/aromatic N) is 1. The van der Waals surface area contributed by atoms with Crippen LogP contribution >= 0.6 is 0 Å². The molecule has 0 amide bonds. The normalized spacial score (nSPS) is 29.7. The van der Waals surface area contributed by atoms with E-state index in [1.54, 1.807) is 7.11 Å². The zero-order chi connectivity index (χ0) is 15.3. The summed E-state index contributed by atoms with van der Waals surface area (Å²) in [5.74, 6) is 0. The fraction of sp³-hybridized carbons (Fsp3) is 1.00. The molecular formula is C15H27F3N2O. The molecule has 1 aliphatic carbocycles. The summed E-state index contributed by atoms with van der Waals surface area (Å²) >= 11 is 0. The van der Waals surface area contributed by atoms with E-state index in [1.165, 1.54) is 12.8 Å². The first-order chi connectivity index (χ1) is 9.98. The number of methoxy groups -OCH3 is 1. The lowest BCUT2D eigenvalue weighted by Crippen LogP contribution is -2.51. The van der Waals surface area contributed by atoms with E-state index in [4.69, 9.17) is 4.74 Å². The van der Waals surface area contributed by atoms with Crippen molar-refractivity contribution in [3.63, 3.8) is 0 Å². The highest BCUT2D eigenvalue weighted by Gasteiger charge is 2.31. The number of rotatable bonds is 5. The van der Waals surface area contributed by atoms with E-state index < -0.39 is 12.6 Å². The highest BCUT2D eigenvalue weighted by Crippen LogP contribution is 2.24. The van der Waals surface area contributed by atoms with Gasteiger partial charge < -0.3 is 15.0 Å². The Morgan fingerprint density at radius 2 is 1.76 bits per heavy atom. The molecule has 2 atom stereocenters. The van der Waals surface area contributed by atoms with Gasteiger partial charge in [0.15, 0.2) is 0 Å². The van der Waals surface area contributed by atoms with E-state index in [-0.39, 0.29) is 6.54 Å². The molecule has 0 aromatic rings. The number of hydrogen-bond acceptors (Lipinski definition) is 3. The molecule has 2 rings (SSSR count). The molecule has 1 saturated carbocycles. The van der Waals surface area contributed by atoms with Crippen molar-refractivity contribution in [2.45, 2.75) is 69.3 Å². The van der Waals surface area contributed by atoms with Crippen molar-refractivity contribution in [2.75, 3.05) is 26.7 Å². The van der Waals surface area contributed by atoms with Crippen LogP contribution in [0.3, 0.4) is 0 Å². The van der Waals surface area contributed by atoms with Crippen molar-refractivity contribution in [3.05, 3.63) is 0 Å². The van der Waals surface area contributed by atoms with Gasteiger partial charge in [-0.25, -0.2) is 0 Å². The second kappa shape index (κ2) is 7.79. The van der Waals surface area contributed by atoms with E-state index in [9.17, 15) is 13.2 Å². The molecule has 1 saturated heterocycles. The van der Waals surface area contributed by atoms with Gasteiger partial charge in [-0.05, 0) is 38.8 Å². The third-order valence-corrected chi connectivity index (χ3v) is 4.75. The number of likely N-dealkylation sites (tertiary alicyclic amines) is 1. The molecule has 1 N–H and O–H groups in total. The van der Waals surface area contributed by atoms with E-state index in [2.05, 4.69) is 5.32 Å². The lowest BCUT2D eigenvalue weighted by Gasteiger charge is -2.38. The van der Waals surface area contributed by atoms with Crippen molar-refractivity contribution < 1.29 is 17.9 Å². The van der Waals surface area contributed by atoms with Crippen molar-refractivity contribution in [2.24, 2.45) is 0 Å². The van der Waals surface area contributed by atoms with E-state index in [0.717, 1.165) is 38.8 Å². The maximum atomic E-state index is 12.2. The molecular weight excluding hydrogens is 281 g/mol. The maximum Gasteiger partial charge on any atom is 0.390 e. The van der Waals surface area contributed by atoms with Gasteiger partial charge >= 0.3 is 6.18 Å². The average molecular weight is 308 g/mol. The Morgan fingerprint density at radius 3 is 2.38 bits per heavy atom. The molecule has 0 radical (unpaired) electrons. The minimum Gasteiger partial charge on any atom is -0.380 e. The fourth-order valence-electron chi connectivity index (χ4n) is 3.48. The van der Waals surface area contributed by atoms with Crippen molar-refractivity contribution in [1.29, 1.82) is 0 Å². The van der Waals surface area contributed by atoms with Crippen LogP contribution in [-0.4, -0.2) is 56.0 Å². The number of hydrogen-bond donors (Lipinski definition) is 1. The van der Waals surface area contributed by atoms with Gasteiger partial charge in [0.2, 0.25) is 0 Å². The Kier molecular flexibility index (Phi) is 6.32. The van der Waals surface area contributed by atoms with Gasteiger partial charge in [0, 0.05) is 25.7 Å². The van der Waals surface area contributed by atoms with Crippen LogP contribution < -0.4 is 5.32 Å². The van der Waals surface area contributed by atoms with Gasteiger partial charge in [-0.3, -0.25) is 0 Å². The Hall–Kier alpha value is -0.330. The summed E-state index contributed by atoms with van der Waals surface area (Å²) in [4.78, 5) is 1.93. The van der Waals surface area contributed by atoms with E-state index in [0.29, 0.717) is 18.2 Å². The second-order valence-corrected chi connectivity index (χ2v) is 6.31. The molecule has 2 fully saturated rings. The number of halogens is 3. The van der Waals surface area contributed by atoms with Gasteiger partial charge in [-0.15, -0.1) is 0 Å². The molecule has 0 aromatic heterocycles. The first-order valence-electron chi connectivity index (χ1n) is 8.06. The molecule has 124 valence electrons. The standard InChI is InChI=1S/C15H27F3N2O/c1-21-14-5-3-2-4-13(14)19-12-6-9-20(10-7-12)11-8-15(16,17)18/h12-14,19H,2-11H2,1H3/t13-,14-/m0/s1. The van der Waals surface area contributed by atoms with Crippen LogP contribution in [0.2, 0.25) is 0 Å². The molecule has 0 bridgehead atoms. The largest absolute Gasteiger partial charge is 0.390 e. The Morgan fingerprint density at radius 1 is 1.10 bits per heavy atom. The van der Waals surface area contributed by atoms with Crippen LogP contribution in [0.4, 0.5) is 13.2 Å². The maximum absolute atomic E-state index is 12.2. The predicted molar refractivity (Wildman–Crippen MR) is 76.3 cm³/mol. The fourth-order valence-corrected chi connectivity index (χ4v) is 3.48. The Bertz CT molecular complexity index is 304. The highest BCUT2D eigenvalue weighted by atomic mass is 19.4. The molecule has 0 aromatic carbocycles. The second-order valence-electron chi connectivity index (χ2n) is 6.31. The minimum atomic E-state index is -4.04. The van der Waals surface area contributed by atoms with Crippen molar-refractivity contribution in [3.8, 4) is 0 Å². The first-order valence-corrected chi connectivity index (χ1v) is 8.06. The van der Waals surface area contributed by atoms with Crippen LogP contribution in [0.1, 0.15) is 44.9 Å². The first kappa shape index (κ1) is 17.0. The number of nitrogens with one attached hydrogen (secondary N) is 1. The average Bonchev–Trinajstić information content (AvgIpc) is 2.46. The third kappa shape index (κ3) is 5.75. The molecule has 21 heavy (non-hydrogen) atoms. The SMILES string of the molecule is CO[C@H]1CCCC[C@@H]1NC1CCN(CCC(F)(F)F)CC1. The van der Waals surface area contributed by atoms with Crippen molar-refractivity contribution >= 4 is 0 Å². The van der Waals surface area contributed by atoms with Crippen LogP contribution in [0, 0.1) is 0 Å². The van der Waals surface area contributed by atoms with E-state index >= 15 is 0 Å². The summed E-state index contributed by atoms with van der Waals surface area (Å²) in [6.07, 6.45) is 2.15. The monoisotopic (exact) mass is 308 g/mol. The minimum absolute atomic E-state index is 0.139. The van der Waals surface area contributed by atoms with E-state index in [1.807, 2.05) is 4.90 Å². The van der Waals surface area contributed by atoms with Crippen LogP contribution in [0.25, 0.3) is 0 Å². The third-order valence-electron chi connectivity index (χ3n) is 4.75. The van der Waals surface area contributed by atoms with Crippen LogP contribution in [0.5, 0.6) is 0 Å².